The van der Waals surface area contributed by atoms with E-state index in [0.29, 0.717) is 11.4 Å². The summed E-state index contributed by atoms with van der Waals surface area (Å²) in [6.45, 7) is 7.02. The van der Waals surface area contributed by atoms with E-state index in [2.05, 4.69) is 10.4 Å². The maximum Gasteiger partial charge on any atom is 0.328 e. The average molecular weight is 363 g/mol. The van der Waals surface area contributed by atoms with Crippen LogP contribution in [-0.2, 0) is 27.4 Å². The molecule has 0 aliphatic carbocycles. The summed E-state index contributed by atoms with van der Waals surface area (Å²) in [4.78, 5) is 36.7. The van der Waals surface area contributed by atoms with Gasteiger partial charge in [-0.1, -0.05) is 0 Å². The largest absolute Gasteiger partial charge is 0.453 e. The van der Waals surface area contributed by atoms with Gasteiger partial charge in [-0.25, -0.2) is 0 Å². The average Bonchev–Trinajstić information content (AvgIpc) is 3.11. The van der Waals surface area contributed by atoms with E-state index in [1.807, 2.05) is 19.9 Å². The second-order valence-electron chi connectivity index (χ2n) is 5.76. The van der Waals surface area contributed by atoms with E-state index in [0.717, 1.165) is 16.3 Å². The molecule has 0 fully saturated rings. The highest BCUT2D eigenvalue weighted by Crippen LogP contribution is 2.19. The summed E-state index contributed by atoms with van der Waals surface area (Å²) in [7, 11) is 0. The maximum absolute atomic E-state index is 12.4. The SMILES string of the molecule is CC(=O)NCc1ccc(C(=O)C(C)OC(=O)Cn2nc(C)cc2C)s1. The molecule has 0 bridgehead atoms. The number of hydrogen-bond acceptors (Lipinski definition) is 6. The standard InChI is InChI=1S/C17H21N3O4S/c1-10-7-11(2)20(19-10)9-16(22)24-12(3)17(23)15-6-5-14(25-15)8-18-13(4)21/h5-7,12H,8-9H2,1-4H3,(H,18,21). The number of hydrogen-bond donors (Lipinski definition) is 1. The predicted molar refractivity (Wildman–Crippen MR) is 93.4 cm³/mol. The zero-order valence-electron chi connectivity index (χ0n) is 14.7. The van der Waals surface area contributed by atoms with Crippen molar-refractivity contribution in [2.45, 2.75) is 46.9 Å². The molecule has 0 aromatic carbocycles. The minimum absolute atomic E-state index is 0.0322. The van der Waals surface area contributed by atoms with Crippen LogP contribution in [0, 0.1) is 13.8 Å². The molecule has 25 heavy (non-hydrogen) atoms. The Morgan fingerprint density at radius 2 is 2.04 bits per heavy atom. The number of nitrogens with zero attached hydrogens (tertiary/aromatic N) is 2. The van der Waals surface area contributed by atoms with Gasteiger partial charge in [-0.3, -0.25) is 19.1 Å². The summed E-state index contributed by atoms with van der Waals surface area (Å²) in [5, 5.41) is 6.87. The lowest BCUT2D eigenvalue weighted by Crippen LogP contribution is -2.26. The fourth-order valence-corrected chi connectivity index (χ4v) is 3.23. The monoisotopic (exact) mass is 363 g/mol. The van der Waals surface area contributed by atoms with E-state index in [4.69, 9.17) is 4.74 Å². The number of aryl methyl sites for hydroxylation is 2. The number of aromatic nitrogens is 2. The number of ketones is 1. The molecule has 2 rings (SSSR count). The van der Waals surface area contributed by atoms with Crippen molar-refractivity contribution >= 4 is 29.0 Å². The van der Waals surface area contributed by atoms with Gasteiger partial charge in [0.15, 0.2) is 6.10 Å². The fourth-order valence-electron chi connectivity index (χ4n) is 2.26. The molecule has 1 amide bonds. The minimum atomic E-state index is -0.878. The lowest BCUT2D eigenvalue weighted by Gasteiger charge is -2.12. The van der Waals surface area contributed by atoms with Crippen molar-refractivity contribution in [1.82, 2.24) is 15.1 Å². The van der Waals surface area contributed by atoms with Crippen LogP contribution in [-0.4, -0.2) is 33.5 Å². The zero-order valence-corrected chi connectivity index (χ0v) is 15.5. The molecular weight excluding hydrogens is 342 g/mol. The molecule has 0 radical (unpaired) electrons. The number of amides is 1. The third kappa shape index (κ3) is 5.25. The lowest BCUT2D eigenvalue weighted by molar-refractivity contribution is -0.147. The number of nitrogens with one attached hydrogen (secondary N) is 1. The number of rotatable bonds is 7. The van der Waals surface area contributed by atoms with Crippen LogP contribution in [0.3, 0.4) is 0 Å². The van der Waals surface area contributed by atoms with E-state index in [-0.39, 0.29) is 18.2 Å². The van der Waals surface area contributed by atoms with E-state index in [1.54, 1.807) is 23.7 Å². The van der Waals surface area contributed by atoms with Gasteiger partial charge in [-0.2, -0.15) is 5.10 Å². The summed E-state index contributed by atoms with van der Waals surface area (Å²) in [5.74, 6) is -0.907. The number of carbonyl (C=O) groups excluding carboxylic acids is 3. The van der Waals surface area contributed by atoms with Crippen molar-refractivity contribution in [3.8, 4) is 0 Å². The van der Waals surface area contributed by atoms with Gasteiger partial charge in [-0.15, -0.1) is 11.3 Å². The molecule has 0 aliphatic heterocycles. The number of carbonyl (C=O) groups is 3. The molecule has 7 nitrogen and oxygen atoms in total. The van der Waals surface area contributed by atoms with Gasteiger partial charge in [0.2, 0.25) is 11.7 Å². The Morgan fingerprint density at radius 3 is 2.64 bits per heavy atom. The summed E-state index contributed by atoms with van der Waals surface area (Å²) in [6, 6.07) is 5.32. The summed E-state index contributed by atoms with van der Waals surface area (Å²) in [6.07, 6.45) is -0.878. The van der Waals surface area contributed by atoms with Crippen molar-refractivity contribution in [3.05, 3.63) is 39.3 Å². The minimum Gasteiger partial charge on any atom is -0.453 e. The molecule has 8 heteroatoms. The van der Waals surface area contributed by atoms with E-state index >= 15 is 0 Å². The van der Waals surface area contributed by atoms with Gasteiger partial charge in [0.1, 0.15) is 6.54 Å². The predicted octanol–water partition coefficient (Wildman–Crippen LogP) is 2.01. The molecule has 1 N–H and O–H groups in total. The van der Waals surface area contributed by atoms with Crippen molar-refractivity contribution in [2.24, 2.45) is 0 Å². The fraction of sp³-hybridized carbons (Fsp3) is 0.412. The lowest BCUT2D eigenvalue weighted by atomic mass is 10.2. The number of Topliss-reactive ketones (excluding diaryl/α,β-unsaturated/α-hetero) is 1. The molecule has 1 atom stereocenters. The quantitative estimate of drug-likeness (QED) is 0.600. The molecule has 0 saturated heterocycles. The van der Waals surface area contributed by atoms with Crippen LogP contribution in [0.2, 0.25) is 0 Å². The van der Waals surface area contributed by atoms with E-state index in [1.165, 1.54) is 18.3 Å². The van der Waals surface area contributed by atoms with Gasteiger partial charge in [0.25, 0.3) is 0 Å². The molecule has 134 valence electrons. The Labute approximate surface area is 150 Å². The van der Waals surface area contributed by atoms with Gasteiger partial charge in [-0.05, 0) is 39.0 Å². The molecule has 2 aromatic heterocycles. The van der Waals surface area contributed by atoms with Crippen molar-refractivity contribution in [2.75, 3.05) is 0 Å². The molecule has 0 spiro atoms. The third-order valence-corrected chi connectivity index (χ3v) is 4.58. The van der Waals surface area contributed by atoms with Crippen LogP contribution >= 0.6 is 11.3 Å². The van der Waals surface area contributed by atoms with Gasteiger partial charge in [0, 0.05) is 17.5 Å². The Morgan fingerprint density at radius 1 is 1.32 bits per heavy atom. The highest BCUT2D eigenvalue weighted by atomic mass is 32.1. The van der Waals surface area contributed by atoms with Crippen LogP contribution in [0.5, 0.6) is 0 Å². The summed E-state index contributed by atoms with van der Waals surface area (Å²) in [5.41, 5.74) is 1.68. The first kappa shape index (κ1) is 18.9. The van der Waals surface area contributed by atoms with Gasteiger partial charge < -0.3 is 10.1 Å². The van der Waals surface area contributed by atoms with E-state index < -0.39 is 12.1 Å². The Kier molecular flexibility index (Phi) is 6.08. The highest BCUT2D eigenvalue weighted by molar-refractivity contribution is 7.14. The van der Waals surface area contributed by atoms with E-state index in [9.17, 15) is 14.4 Å². The Bertz CT molecular complexity index is 794. The number of ether oxygens (including phenoxy) is 1. The maximum atomic E-state index is 12.4. The Hall–Kier alpha value is -2.48. The van der Waals surface area contributed by atoms with Gasteiger partial charge in [0.05, 0.1) is 17.1 Å². The first-order valence-corrected chi connectivity index (χ1v) is 8.66. The highest BCUT2D eigenvalue weighted by Gasteiger charge is 2.21. The Balaban J connectivity index is 1.92. The molecular formula is C17H21N3O4S. The zero-order chi connectivity index (χ0) is 18.6. The first-order valence-electron chi connectivity index (χ1n) is 7.84. The molecule has 1 unspecified atom stereocenters. The van der Waals surface area contributed by atoms with Crippen LogP contribution in [0.15, 0.2) is 18.2 Å². The molecule has 0 saturated carbocycles. The number of thiophene rings is 1. The second kappa shape index (κ2) is 8.06. The summed E-state index contributed by atoms with van der Waals surface area (Å²) < 4.78 is 6.78. The normalized spacial score (nSPS) is 11.8. The molecule has 2 aromatic rings. The third-order valence-electron chi connectivity index (χ3n) is 3.48. The van der Waals surface area contributed by atoms with Crippen LogP contribution in [0.25, 0.3) is 0 Å². The van der Waals surface area contributed by atoms with Crippen LogP contribution in [0.1, 0.15) is 39.8 Å². The van der Waals surface area contributed by atoms with Crippen molar-refractivity contribution in [3.63, 3.8) is 0 Å². The smallest absolute Gasteiger partial charge is 0.328 e. The van der Waals surface area contributed by atoms with Crippen LogP contribution in [0.4, 0.5) is 0 Å². The molecule has 0 aliphatic rings. The topological polar surface area (TPSA) is 90.3 Å². The second-order valence-corrected chi connectivity index (χ2v) is 6.93. The summed E-state index contributed by atoms with van der Waals surface area (Å²) >= 11 is 1.28. The van der Waals surface area contributed by atoms with Crippen LogP contribution < -0.4 is 5.32 Å². The van der Waals surface area contributed by atoms with Crippen molar-refractivity contribution < 1.29 is 19.1 Å². The first-order chi connectivity index (χ1) is 11.8. The van der Waals surface area contributed by atoms with Gasteiger partial charge >= 0.3 is 5.97 Å². The van der Waals surface area contributed by atoms with Crippen molar-refractivity contribution in [1.29, 1.82) is 0 Å². The number of esters is 1. The molecule has 2 heterocycles.